The number of nitrogens with zero attached hydrogens (tertiary/aromatic N) is 1. The van der Waals surface area contributed by atoms with Gasteiger partial charge in [0.1, 0.15) is 17.1 Å². The van der Waals surface area contributed by atoms with Crippen LogP contribution in [0.4, 0.5) is 11.4 Å². The molecule has 0 radical (unpaired) electrons. The van der Waals surface area contributed by atoms with Crippen molar-refractivity contribution in [3.05, 3.63) is 65.6 Å². The molecule has 0 fully saturated rings. The van der Waals surface area contributed by atoms with Gasteiger partial charge in [-0.15, -0.1) is 0 Å². The Hall–Kier alpha value is -3.15. The molecule has 1 heterocycles. The molecule has 0 amide bonds. The van der Waals surface area contributed by atoms with Crippen molar-refractivity contribution >= 4 is 17.3 Å². The fourth-order valence-corrected chi connectivity index (χ4v) is 3.95. The smallest absolute Gasteiger partial charge is 0.359 e. The quantitative estimate of drug-likeness (QED) is 0.458. The fraction of sp³-hybridized carbons (Fsp3) is 0.375. The third-order valence-electron chi connectivity index (χ3n) is 5.82. The minimum absolute atomic E-state index is 0.0183. The first-order chi connectivity index (χ1) is 14.3. The molecule has 0 aliphatic carbocycles. The lowest BCUT2D eigenvalue weighted by Crippen LogP contribution is -2.47. The molecule has 0 aromatic heterocycles. The summed E-state index contributed by atoms with van der Waals surface area (Å²) in [7, 11) is 0. The molecule has 3 rings (SSSR count). The molecule has 1 aliphatic heterocycles. The van der Waals surface area contributed by atoms with Crippen LogP contribution in [-0.2, 0) is 16.0 Å². The number of carbonyl (C=O) groups excluding carboxylic acids is 1. The number of aliphatic hydroxyl groups is 1. The molecule has 160 valence electrons. The number of aromatic hydroxyl groups is 1. The van der Waals surface area contributed by atoms with E-state index in [1.54, 1.807) is 29.2 Å². The van der Waals surface area contributed by atoms with E-state index in [0.717, 1.165) is 11.3 Å². The van der Waals surface area contributed by atoms with E-state index in [2.05, 4.69) is 0 Å². The first kappa shape index (κ1) is 21.6. The van der Waals surface area contributed by atoms with Crippen LogP contribution in [0.2, 0.25) is 0 Å². The summed E-state index contributed by atoms with van der Waals surface area (Å²) in [5, 5.41) is 20.4. The summed E-state index contributed by atoms with van der Waals surface area (Å²) in [6, 6.07) is 14.2. The Morgan fingerprint density at radius 3 is 2.43 bits per heavy atom. The summed E-state index contributed by atoms with van der Waals surface area (Å²) in [6.07, 6.45) is 1.49. The lowest BCUT2D eigenvalue weighted by Gasteiger charge is -2.42. The number of likely N-dealkylation sites (N-methyl/N-ethyl adjacent to an activating group) is 1. The second-order valence-electron chi connectivity index (χ2n) is 8.09. The Morgan fingerprint density at radius 2 is 1.87 bits per heavy atom. The average molecular weight is 411 g/mol. The van der Waals surface area contributed by atoms with E-state index in [9.17, 15) is 15.0 Å². The standard InChI is InChI=1S/C24H30N2O4/c1-4-26(19-7-5-6-18(25)14-19)22-21(28)15-24(16(2)3,30-23(22)29)13-12-17-8-10-20(27)11-9-17/h5-11,14,16,27-28H,4,12-13,15,25H2,1-3H3. The van der Waals surface area contributed by atoms with E-state index in [0.29, 0.717) is 25.1 Å². The molecule has 1 unspecified atom stereocenters. The maximum absolute atomic E-state index is 13.1. The van der Waals surface area contributed by atoms with Crippen LogP contribution >= 0.6 is 0 Å². The van der Waals surface area contributed by atoms with E-state index in [1.165, 1.54) is 0 Å². The molecule has 6 nitrogen and oxygen atoms in total. The third-order valence-corrected chi connectivity index (χ3v) is 5.82. The Morgan fingerprint density at radius 1 is 1.17 bits per heavy atom. The Labute approximate surface area is 177 Å². The highest BCUT2D eigenvalue weighted by molar-refractivity contribution is 5.94. The fourth-order valence-electron chi connectivity index (χ4n) is 3.95. The largest absolute Gasteiger partial charge is 0.510 e. The summed E-state index contributed by atoms with van der Waals surface area (Å²) >= 11 is 0. The zero-order chi connectivity index (χ0) is 21.9. The van der Waals surface area contributed by atoms with Crippen molar-refractivity contribution in [3.8, 4) is 5.75 Å². The normalized spacial score (nSPS) is 19.1. The molecule has 0 saturated heterocycles. The van der Waals surface area contributed by atoms with Crippen molar-refractivity contribution < 1.29 is 19.7 Å². The topological polar surface area (TPSA) is 96.0 Å². The van der Waals surface area contributed by atoms with Crippen LogP contribution in [0.3, 0.4) is 0 Å². The number of phenols is 1. The number of phenolic OH excluding ortho intramolecular Hbond substituents is 1. The Bertz CT molecular complexity index is 936. The van der Waals surface area contributed by atoms with Crippen LogP contribution in [0.15, 0.2) is 60.0 Å². The maximum Gasteiger partial charge on any atom is 0.359 e. The van der Waals surface area contributed by atoms with Gasteiger partial charge in [-0.2, -0.15) is 0 Å². The molecule has 1 atom stereocenters. The van der Waals surface area contributed by atoms with Gasteiger partial charge < -0.3 is 25.6 Å². The van der Waals surface area contributed by atoms with Gasteiger partial charge in [-0.3, -0.25) is 0 Å². The molecular weight excluding hydrogens is 380 g/mol. The molecule has 2 aromatic rings. The number of hydrogen-bond donors (Lipinski definition) is 3. The van der Waals surface area contributed by atoms with Crippen LogP contribution in [0.5, 0.6) is 5.75 Å². The van der Waals surface area contributed by atoms with Crippen LogP contribution in [0.1, 0.15) is 39.2 Å². The van der Waals surface area contributed by atoms with E-state index in [4.69, 9.17) is 10.5 Å². The van der Waals surface area contributed by atoms with Gasteiger partial charge in [0.15, 0.2) is 5.70 Å². The third kappa shape index (κ3) is 4.37. The Balaban J connectivity index is 1.88. The number of ether oxygens (including phenoxy) is 1. The predicted octanol–water partition coefficient (Wildman–Crippen LogP) is 4.54. The number of anilines is 2. The van der Waals surface area contributed by atoms with Gasteiger partial charge in [0.05, 0.1) is 0 Å². The van der Waals surface area contributed by atoms with Crippen molar-refractivity contribution in [2.75, 3.05) is 17.2 Å². The lowest BCUT2D eigenvalue weighted by atomic mass is 9.79. The van der Waals surface area contributed by atoms with Crippen LogP contribution < -0.4 is 10.6 Å². The van der Waals surface area contributed by atoms with E-state index in [-0.39, 0.29) is 29.5 Å². The van der Waals surface area contributed by atoms with E-state index >= 15 is 0 Å². The van der Waals surface area contributed by atoms with E-state index in [1.807, 2.05) is 45.0 Å². The van der Waals surface area contributed by atoms with Crippen LogP contribution in [-0.4, -0.2) is 28.3 Å². The second-order valence-corrected chi connectivity index (χ2v) is 8.09. The zero-order valence-electron chi connectivity index (χ0n) is 17.8. The van der Waals surface area contributed by atoms with Gasteiger partial charge in [-0.1, -0.05) is 32.0 Å². The van der Waals surface area contributed by atoms with E-state index < -0.39 is 11.6 Å². The zero-order valence-corrected chi connectivity index (χ0v) is 17.8. The summed E-state index contributed by atoms with van der Waals surface area (Å²) in [5.41, 5.74) is 7.63. The number of carbonyl (C=O) groups is 1. The highest BCUT2D eigenvalue weighted by Crippen LogP contribution is 2.40. The molecular formula is C24H30N2O4. The van der Waals surface area contributed by atoms with Crippen LogP contribution in [0, 0.1) is 5.92 Å². The summed E-state index contributed by atoms with van der Waals surface area (Å²) in [5.74, 6) is -0.255. The minimum atomic E-state index is -0.794. The number of nitrogens with two attached hydrogens (primary N) is 1. The number of nitrogen functional groups attached to an aromatic ring is 1. The predicted molar refractivity (Wildman–Crippen MR) is 118 cm³/mol. The van der Waals surface area contributed by atoms with Gasteiger partial charge in [0, 0.05) is 24.3 Å². The number of aliphatic hydroxyl groups excluding tert-OH is 1. The minimum Gasteiger partial charge on any atom is -0.510 e. The SMILES string of the molecule is CCN(C1=C(O)CC(CCc2ccc(O)cc2)(C(C)C)OC1=O)c1cccc(N)c1. The molecule has 2 aromatic carbocycles. The number of benzene rings is 2. The summed E-state index contributed by atoms with van der Waals surface area (Å²) in [4.78, 5) is 14.8. The van der Waals surface area contributed by atoms with Crippen molar-refractivity contribution in [1.82, 2.24) is 0 Å². The Kier molecular flexibility index (Phi) is 6.25. The van der Waals surface area contributed by atoms with Gasteiger partial charge in [0.2, 0.25) is 0 Å². The van der Waals surface area contributed by atoms with Gasteiger partial charge >= 0.3 is 5.97 Å². The molecule has 30 heavy (non-hydrogen) atoms. The number of rotatable bonds is 7. The summed E-state index contributed by atoms with van der Waals surface area (Å²) in [6.45, 7) is 6.39. The lowest BCUT2D eigenvalue weighted by molar-refractivity contribution is -0.166. The molecule has 4 N–H and O–H groups in total. The summed E-state index contributed by atoms with van der Waals surface area (Å²) < 4.78 is 6.02. The molecule has 0 saturated carbocycles. The van der Waals surface area contributed by atoms with Gasteiger partial charge in [-0.05, 0) is 61.6 Å². The first-order valence-corrected chi connectivity index (χ1v) is 10.3. The molecule has 1 aliphatic rings. The first-order valence-electron chi connectivity index (χ1n) is 10.3. The van der Waals surface area contributed by atoms with Crippen LogP contribution in [0.25, 0.3) is 0 Å². The van der Waals surface area contributed by atoms with Crippen molar-refractivity contribution in [1.29, 1.82) is 0 Å². The molecule has 6 heteroatoms. The van der Waals surface area contributed by atoms with Gasteiger partial charge in [-0.25, -0.2) is 4.79 Å². The van der Waals surface area contributed by atoms with Crippen molar-refractivity contribution in [2.45, 2.75) is 45.6 Å². The second kappa shape index (κ2) is 8.69. The number of esters is 1. The average Bonchev–Trinajstić information content (AvgIpc) is 2.70. The van der Waals surface area contributed by atoms with Crippen molar-refractivity contribution in [2.24, 2.45) is 5.92 Å². The maximum atomic E-state index is 13.1. The molecule has 0 spiro atoms. The van der Waals surface area contributed by atoms with Crippen molar-refractivity contribution in [3.63, 3.8) is 0 Å². The number of aryl methyl sites for hydroxylation is 1. The highest BCUT2D eigenvalue weighted by Gasteiger charge is 2.45. The monoisotopic (exact) mass is 410 g/mol. The number of hydrogen-bond acceptors (Lipinski definition) is 6. The van der Waals surface area contributed by atoms with Gasteiger partial charge in [0.25, 0.3) is 0 Å². The highest BCUT2D eigenvalue weighted by atomic mass is 16.6. The number of cyclic esters (lactones) is 1. The molecule has 0 bridgehead atoms.